The quantitative estimate of drug-likeness (QED) is 0.606. The minimum Gasteiger partial charge on any atom is -0.496 e. The smallest absolute Gasteiger partial charge is 0.133 e. The molecule has 0 aliphatic rings. The molecule has 0 heterocycles. The molecule has 112 valence electrons. The zero-order valence-corrected chi connectivity index (χ0v) is 15.5. The van der Waals surface area contributed by atoms with E-state index >= 15 is 0 Å². The van der Waals surface area contributed by atoms with Crippen molar-refractivity contribution in [2.24, 2.45) is 0 Å². The Morgan fingerprint density at radius 2 is 1.71 bits per heavy atom. The highest BCUT2D eigenvalue weighted by Crippen LogP contribution is 2.40. The van der Waals surface area contributed by atoms with Gasteiger partial charge in [-0.1, -0.05) is 40.2 Å². The molecule has 0 aliphatic heterocycles. The number of rotatable bonds is 5. The van der Waals surface area contributed by atoms with E-state index in [2.05, 4.69) is 63.0 Å². The Labute approximate surface area is 142 Å². The molecule has 0 aromatic heterocycles. The number of hydrogen-bond donors (Lipinski definition) is 0. The number of alkyl halides is 1. The fraction of sp³-hybridized carbons (Fsp3) is 0.294. The third kappa shape index (κ3) is 3.80. The summed E-state index contributed by atoms with van der Waals surface area (Å²) < 4.78 is 11.8. The lowest BCUT2D eigenvalue weighted by Crippen LogP contribution is -2.01. The molecule has 21 heavy (non-hydrogen) atoms. The second-order valence-corrected chi connectivity index (χ2v) is 6.79. The molecule has 4 heteroatoms. The van der Waals surface area contributed by atoms with Crippen molar-refractivity contribution >= 4 is 31.9 Å². The minimum atomic E-state index is 0.163. The summed E-state index contributed by atoms with van der Waals surface area (Å²) in [5, 5.41) is 0. The molecule has 2 nitrogen and oxygen atoms in total. The summed E-state index contributed by atoms with van der Waals surface area (Å²) in [5.74, 6) is 1.65. The Bertz CT molecular complexity index is 626. The third-order valence-electron chi connectivity index (χ3n) is 3.50. The summed E-state index contributed by atoms with van der Waals surface area (Å²) in [5.41, 5.74) is 3.70. The molecule has 2 aromatic rings. The van der Waals surface area contributed by atoms with E-state index in [0.717, 1.165) is 28.0 Å². The first-order chi connectivity index (χ1) is 10.1. The molecule has 2 aromatic carbocycles. The normalized spacial score (nSPS) is 12.0. The van der Waals surface area contributed by atoms with Crippen molar-refractivity contribution in [1.29, 1.82) is 0 Å². The van der Waals surface area contributed by atoms with E-state index in [1.165, 1.54) is 11.1 Å². The highest BCUT2D eigenvalue weighted by molar-refractivity contribution is 9.10. The number of hydrogen-bond acceptors (Lipinski definition) is 2. The standard InChI is InChI=1S/C17H18Br2O2/c1-11-6-4-5-7-12(11)8-14(18)13-9-17(21-3)15(19)10-16(13)20-2/h4-7,9-10,14H,8H2,1-3H3. The Morgan fingerprint density at radius 1 is 1.05 bits per heavy atom. The second-order valence-electron chi connectivity index (χ2n) is 4.83. The van der Waals surface area contributed by atoms with Gasteiger partial charge < -0.3 is 9.47 Å². The number of methoxy groups -OCH3 is 2. The summed E-state index contributed by atoms with van der Waals surface area (Å²) in [7, 11) is 3.35. The van der Waals surface area contributed by atoms with Crippen LogP contribution in [0.3, 0.4) is 0 Å². The van der Waals surface area contributed by atoms with Crippen molar-refractivity contribution in [3.8, 4) is 11.5 Å². The molecule has 0 amide bonds. The van der Waals surface area contributed by atoms with Gasteiger partial charge >= 0.3 is 0 Å². The minimum absolute atomic E-state index is 0.163. The summed E-state index contributed by atoms with van der Waals surface area (Å²) in [4.78, 5) is 0.163. The summed E-state index contributed by atoms with van der Waals surface area (Å²) in [6, 6.07) is 12.4. The first-order valence-electron chi connectivity index (χ1n) is 6.66. The van der Waals surface area contributed by atoms with Gasteiger partial charge in [-0.05, 0) is 52.5 Å². The second kappa shape index (κ2) is 7.32. The number of aryl methyl sites for hydroxylation is 1. The van der Waals surface area contributed by atoms with Crippen molar-refractivity contribution < 1.29 is 9.47 Å². The Kier molecular flexibility index (Phi) is 5.71. The van der Waals surface area contributed by atoms with Gasteiger partial charge in [0.05, 0.1) is 18.7 Å². The van der Waals surface area contributed by atoms with Gasteiger partial charge in [0.25, 0.3) is 0 Å². The van der Waals surface area contributed by atoms with E-state index < -0.39 is 0 Å². The molecule has 0 N–H and O–H groups in total. The van der Waals surface area contributed by atoms with E-state index in [4.69, 9.17) is 9.47 Å². The third-order valence-corrected chi connectivity index (χ3v) is 4.94. The maximum absolute atomic E-state index is 5.50. The largest absolute Gasteiger partial charge is 0.496 e. The van der Waals surface area contributed by atoms with Gasteiger partial charge in [-0.3, -0.25) is 0 Å². The lowest BCUT2D eigenvalue weighted by atomic mass is 10.00. The van der Waals surface area contributed by atoms with Crippen molar-refractivity contribution in [3.63, 3.8) is 0 Å². The van der Waals surface area contributed by atoms with Crippen LogP contribution in [0.15, 0.2) is 40.9 Å². The van der Waals surface area contributed by atoms with Crippen molar-refractivity contribution in [3.05, 3.63) is 57.6 Å². The van der Waals surface area contributed by atoms with E-state index in [-0.39, 0.29) is 4.83 Å². The Morgan fingerprint density at radius 3 is 2.33 bits per heavy atom. The van der Waals surface area contributed by atoms with Gasteiger partial charge in [0.15, 0.2) is 0 Å². The number of benzene rings is 2. The van der Waals surface area contributed by atoms with Crippen LogP contribution < -0.4 is 9.47 Å². The molecule has 1 unspecified atom stereocenters. The molecule has 0 bridgehead atoms. The first kappa shape index (κ1) is 16.4. The summed E-state index contributed by atoms with van der Waals surface area (Å²) >= 11 is 7.28. The predicted octanol–water partition coefficient (Wildman–Crippen LogP) is 5.45. The van der Waals surface area contributed by atoms with Crippen molar-refractivity contribution in [1.82, 2.24) is 0 Å². The van der Waals surface area contributed by atoms with Crippen LogP contribution in [-0.4, -0.2) is 14.2 Å². The maximum Gasteiger partial charge on any atom is 0.133 e. The number of ether oxygens (including phenoxy) is 2. The fourth-order valence-electron chi connectivity index (χ4n) is 2.27. The topological polar surface area (TPSA) is 18.5 Å². The molecule has 0 fully saturated rings. The fourth-order valence-corrected chi connectivity index (χ4v) is 3.46. The van der Waals surface area contributed by atoms with Gasteiger partial charge in [0, 0.05) is 10.4 Å². The molecule has 0 saturated heterocycles. The van der Waals surface area contributed by atoms with Gasteiger partial charge in [-0.2, -0.15) is 0 Å². The Balaban J connectivity index is 2.34. The van der Waals surface area contributed by atoms with E-state index in [9.17, 15) is 0 Å². The zero-order valence-electron chi connectivity index (χ0n) is 12.3. The molecular weight excluding hydrogens is 396 g/mol. The SMILES string of the molecule is COc1cc(C(Br)Cc2ccccc2C)c(OC)cc1Br. The highest BCUT2D eigenvalue weighted by Gasteiger charge is 2.17. The predicted molar refractivity (Wildman–Crippen MR) is 93.8 cm³/mol. The average molecular weight is 414 g/mol. The summed E-state index contributed by atoms with van der Waals surface area (Å²) in [6.07, 6.45) is 0.897. The Hall–Kier alpha value is -1.00. The molecule has 0 saturated carbocycles. The molecule has 1 atom stereocenters. The van der Waals surface area contributed by atoms with E-state index in [0.29, 0.717) is 0 Å². The lowest BCUT2D eigenvalue weighted by molar-refractivity contribution is 0.396. The zero-order chi connectivity index (χ0) is 15.4. The van der Waals surface area contributed by atoms with Crippen LogP contribution in [0.4, 0.5) is 0 Å². The van der Waals surface area contributed by atoms with Gasteiger partial charge in [-0.25, -0.2) is 0 Å². The number of halogens is 2. The van der Waals surface area contributed by atoms with Gasteiger partial charge in [0.2, 0.25) is 0 Å². The highest BCUT2D eigenvalue weighted by atomic mass is 79.9. The molecule has 2 rings (SSSR count). The maximum atomic E-state index is 5.50. The average Bonchev–Trinajstić information content (AvgIpc) is 2.49. The van der Waals surface area contributed by atoms with Crippen LogP contribution >= 0.6 is 31.9 Å². The molecule has 0 radical (unpaired) electrons. The first-order valence-corrected chi connectivity index (χ1v) is 8.37. The van der Waals surface area contributed by atoms with Gasteiger partial charge in [0.1, 0.15) is 11.5 Å². The van der Waals surface area contributed by atoms with Gasteiger partial charge in [-0.15, -0.1) is 0 Å². The van der Waals surface area contributed by atoms with Crippen LogP contribution in [0.1, 0.15) is 21.5 Å². The van der Waals surface area contributed by atoms with Crippen LogP contribution in [0.2, 0.25) is 0 Å². The molecule has 0 aliphatic carbocycles. The van der Waals surface area contributed by atoms with E-state index in [1.807, 2.05) is 12.1 Å². The van der Waals surface area contributed by atoms with Crippen LogP contribution in [0, 0.1) is 6.92 Å². The molecular formula is C17H18Br2O2. The summed E-state index contributed by atoms with van der Waals surface area (Å²) in [6.45, 7) is 2.13. The van der Waals surface area contributed by atoms with Crippen LogP contribution in [0.25, 0.3) is 0 Å². The van der Waals surface area contributed by atoms with E-state index in [1.54, 1.807) is 14.2 Å². The monoisotopic (exact) mass is 412 g/mol. The van der Waals surface area contributed by atoms with Crippen LogP contribution in [0.5, 0.6) is 11.5 Å². The van der Waals surface area contributed by atoms with Crippen molar-refractivity contribution in [2.45, 2.75) is 18.2 Å². The van der Waals surface area contributed by atoms with Crippen molar-refractivity contribution in [2.75, 3.05) is 14.2 Å². The lowest BCUT2D eigenvalue weighted by Gasteiger charge is -2.17. The molecule has 0 spiro atoms. The van der Waals surface area contributed by atoms with Crippen LogP contribution in [-0.2, 0) is 6.42 Å².